The Bertz CT molecular complexity index is 574. The quantitative estimate of drug-likeness (QED) is 0.806. The molecule has 1 N–H and O–H groups in total. The van der Waals surface area contributed by atoms with Crippen molar-refractivity contribution in [3.8, 4) is 5.75 Å². The van der Waals surface area contributed by atoms with Crippen LogP contribution in [0.5, 0.6) is 5.75 Å². The van der Waals surface area contributed by atoms with Crippen LogP contribution in [0.3, 0.4) is 0 Å². The molecule has 2 aromatic carbocycles. The van der Waals surface area contributed by atoms with Gasteiger partial charge in [0.2, 0.25) is 0 Å². The Morgan fingerprint density at radius 1 is 1.20 bits per heavy atom. The number of rotatable bonds is 6. The maximum atomic E-state index is 13.3. The van der Waals surface area contributed by atoms with Gasteiger partial charge in [0, 0.05) is 6.54 Å². The summed E-state index contributed by atoms with van der Waals surface area (Å²) in [5.41, 5.74) is 2.14. The Morgan fingerprint density at radius 3 is 2.80 bits per heavy atom. The summed E-state index contributed by atoms with van der Waals surface area (Å²) in [7, 11) is 1.67. The van der Waals surface area contributed by atoms with Crippen LogP contribution in [-0.4, -0.2) is 13.7 Å². The molecule has 0 heterocycles. The van der Waals surface area contributed by atoms with Crippen molar-refractivity contribution in [1.82, 2.24) is 5.32 Å². The lowest BCUT2D eigenvalue weighted by Gasteiger charge is -2.08. The van der Waals surface area contributed by atoms with E-state index < -0.39 is 0 Å². The number of ether oxygens (including phenoxy) is 1. The normalized spacial score (nSPS) is 10.6. The number of hydrogen-bond donors (Lipinski definition) is 1. The lowest BCUT2D eigenvalue weighted by molar-refractivity contribution is 0.414. The molecule has 0 aliphatic heterocycles. The molecule has 0 bridgehead atoms. The zero-order valence-electron chi connectivity index (χ0n) is 11.3. The van der Waals surface area contributed by atoms with Gasteiger partial charge in [0.15, 0.2) is 0 Å². The second-order valence-corrected chi connectivity index (χ2v) is 5.28. The van der Waals surface area contributed by atoms with E-state index in [0.29, 0.717) is 11.0 Å². The predicted octanol–water partition coefficient (Wildman–Crippen LogP) is 3.93. The van der Waals surface area contributed by atoms with Crippen molar-refractivity contribution in [3.05, 3.63) is 63.9 Å². The molecule has 2 rings (SSSR count). The van der Waals surface area contributed by atoms with E-state index in [9.17, 15) is 4.39 Å². The Morgan fingerprint density at radius 2 is 2.00 bits per heavy atom. The van der Waals surface area contributed by atoms with Crippen LogP contribution in [0.2, 0.25) is 0 Å². The minimum atomic E-state index is -0.225. The minimum absolute atomic E-state index is 0.225. The van der Waals surface area contributed by atoms with E-state index in [4.69, 9.17) is 4.74 Å². The Labute approximate surface area is 127 Å². The molecular formula is C16H17BrFNO. The summed E-state index contributed by atoms with van der Waals surface area (Å²) in [4.78, 5) is 0. The number of halogens is 2. The third kappa shape index (κ3) is 4.05. The van der Waals surface area contributed by atoms with Crippen LogP contribution < -0.4 is 10.1 Å². The van der Waals surface area contributed by atoms with E-state index in [1.807, 2.05) is 24.3 Å². The molecule has 0 saturated heterocycles. The molecule has 0 fully saturated rings. The van der Waals surface area contributed by atoms with Gasteiger partial charge in [-0.05, 0) is 58.2 Å². The highest BCUT2D eigenvalue weighted by molar-refractivity contribution is 9.10. The molecule has 0 saturated carbocycles. The Balaban J connectivity index is 1.83. The number of methoxy groups -OCH3 is 1. The molecular weight excluding hydrogens is 321 g/mol. The maximum Gasteiger partial charge on any atom is 0.137 e. The first-order valence-electron chi connectivity index (χ1n) is 6.47. The van der Waals surface area contributed by atoms with E-state index in [2.05, 4.69) is 27.3 Å². The van der Waals surface area contributed by atoms with Gasteiger partial charge < -0.3 is 10.1 Å². The van der Waals surface area contributed by atoms with Crippen LogP contribution in [0, 0.1) is 5.82 Å². The van der Waals surface area contributed by atoms with E-state index in [1.165, 1.54) is 11.6 Å². The number of nitrogens with one attached hydrogen (secondary N) is 1. The standard InChI is InChI=1S/C16H17BrFNO/c1-20-14-6-2-4-12(10-14)8-9-19-11-13-5-3-7-15(18)16(13)17/h2-7,10,19H,8-9,11H2,1H3. The summed E-state index contributed by atoms with van der Waals surface area (Å²) in [5.74, 6) is 0.646. The zero-order valence-corrected chi connectivity index (χ0v) is 12.9. The lowest BCUT2D eigenvalue weighted by Crippen LogP contribution is -2.17. The van der Waals surface area contributed by atoms with Crippen molar-refractivity contribution >= 4 is 15.9 Å². The van der Waals surface area contributed by atoms with Crippen molar-refractivity contribution in [1.29, 1.82) is 0 Å². The van der Waals surface area contributed by atoms with Crippen LogP contribution in [0.4, 0.5) is 4.39 Å². The van der Waals surface area contributed by atoms with Crippen LogP contribution in [0.15, 0.2) is 46.9 Å². The van der Waals surface area contributed by atoms with Crippen molar-refractivity contribution < 1.29 is 9.13 Å². The van der Waals surface area contributed by atoms with Gasteiger partial charge in [-0.3, -0.25) is 0 Å². The molecule has 2 aromatic rings. The minimum Gasteiger partial charge on any atom is -0.497 e. The van der Waals surface area contributed by atoms with Gasteiger partial charge >= 0.3 is 0 Å². The summed E-state index contributed by atoms with van der Waals surface area (Å²) in [5, 5.41) is 3.32. The number of hydrogen-bond acceptors (Lipinski definition) is 2. The highest BCUT2D eigenvalue weighted by Gasteiger charge is 2.04. The fourth-order valence-corrected chi connectivity index (χ4v) is 2.37. The summed E-state index contributed by atoms with van der Waals surface area (Å²) in [6.07, 6.45) is 0.907. The highest BCUT2D eigenvalue weighted by atomic mass is 79.9. The Kier molecular flexibility index (Phi) is 5.56. The molecule has 106 valence electrons. The first-order chi connectivity index (χ1) is 9.70. The smallest absolute Gasteiger partial charge is 0.137 e. The van der Waals surface area contributed by atoms with Gasteiger partial charge in [0.05, 0.1) is 11.6 Å². The van der Waals surface area contributed by atoms with Crippen molar-refractivity contribution in [2.45, 2.75) is 13.0 Å². The Hall–Kier alpha value is -1.39. The van der Waals surface area contributed by atoms with Gasteiger partial charge in [-0.15, -0.1) is 0 Å². The average Bonchev–Trinajstić information content (AvgIpc) is 2.48. The van der Waals surface area contributed by atoms with Crippen molar-refractivity contribution in [3.63, 3.8) is 0 Å². The van der Waals surface area contributed by atoms with E-state index in [-0.39, 0.29) is 5.82 Å². The third-order valence-electron chi connectivity index (χ3n) is 3.07. The summed E-state index contributed by atoms with van der Waals surface area (Å²) < 4.78 is 19.1. The average molecular weight is 338 g/mol. The SMILES string of the molecule is COc1cccc(CCNCc2cccc(F)c2Br)c1. The van der Waals surface area contributed by atoms with Gasteiger partial charge in [-0.1, -0.05) is 24.3 Å². The lowest BCUT2D eigenvalue weighted by atomic mass is 10.1. The van der Waals surface area contributed by atoms with Crippen LogP contribution >= 0.6 is 15.9 Å². The monoisotopic (exact) mass is 337 g/mol. The van der Waals surface area contributed by atoms with Crippen LogP contribution in [0.25, 0.3) is 0 Å². The molecule has 0 aliphatic carbocycles. The van der Waals surface area contributed by atoms with Crippen molar-refractivity contribution in [2.24, 2.45) is 0 Å². The van der Waals surface area contributed by atoms with Gasteiger partial charge in [0.1, 0.15) is 11.6 Å². The fraction of sp³-hybridized carbons (Fsp3) is 0.250. The predicted molar refractivity (Wildman–Crippen MR) is 82.5 cm³/mol. The maximum absolute atomic E-state index is 13.3. The van der Waals surface area contributed by atoms with Crippen LogP contribution in [0.1, 0.15) is 11.1 Å². The van der Waals surface area contributed by atoms with E-state index >= 15 is 0 Å². The van der Waals surface area contributed by atoms with Gasteiger partial charge in [-0.25, -0.2) is 4.39 Å². The fourth-order valence-electron chi connectivity index (χ4n) is 1.97. The molecule has 0 unspecified atom stereocenters. The summed E-state index contributed by atoms with van der Waals surface area (Å²) in [6, 6.07) is 13.1. The molecule has 0 atom stereocenters. The van der Waals surface area contributed by atoms with Crippen molar-refractivity contribution in [2.75, 3.05) is 13.7 Å². The van der Waals surface area contributed by atoms with Gasteiger partial charge in [0.25, 0.3) is 0 Å². The number of benzene rings is 2. The van der Waals surface area contributed by atoms with E-state index in [0.717, 1.165) is 24.3 Å². The summed E-state index contributed by atoms with van der Waals surface area (Å²) >= 11 is 3.26. The van der Waals surface area contributed by atoms with E-state index in [1.54, 1.807) is 13.2 Å². The topological polar surface area (TPSA) is 21.3 Å². The molecule has 20 heavy (non-hydrogen) atoms. The largest absolute Gasteiger partial charge is 0.497 e. The first-order valence-corrected chi connectivity index (χ1v) is 7.26. The second-order valence-electron chi connectivity index (χ2n) is 4.49. The molecule has 0 radical (unpaired) electrons. The molecule has 0 aliphatic rings. The molecule has 2 nitrogen and oxygen atoms in total. The van der Waals surface area contributed by atoms with Crippen LogP contribution in [-0.2, 0) is 13.0 Å². The second kappa shape index (κ2) is 7.41. The third-order valence-corrected chi connectivity index (χ3v) is 3.96. The van der Waals surface area contributed by atoms with Gasteiger partial charge in [-0.2, -0.15) is 0 Å². The summed E-state index contributed by atoms with van der Waals surface area (Å²) in [6.45, 7) is 1.47. The first kappa shape index (κ1) is 15.0. The molecule has 0 amide bonds. The highest BCUT2D eigenvalue weighted by Crippen LogP contribution is 2.20. The molecule has 0 spiro atoms. The molecule has 0 aromatic heterocycles. The molecule has 4 heteroatoms. The zero-order chi connectivity index (χ0) is 14.4.